The van der Waals surface area contributed by atoms with E-state index in [2.05, 4.69) is 65.2 Å². The fourth-order valence-electron chi connectivity index (χ4n) is 3.14. The van der Waals surface area contributed by atoms with Crippen LogP contribution in [0.5, 0.6) is 0 Å². The molecule has 5 nitrogen and oxygen atoms in total. The average Bonchev–Trinajstić information content (AvgIpc) is 2.70. The maximum atomic E-state index is 12.4. The molecule has 0 aliphatic carbocycles. The number of hydrogen-bond donors (Lipinski definition) is 1. The second-order valence-electron chi connectivity index (χ2n) is 7.18. The van der Waals surface area contributed by atoms with Crippen LogP contribution in [0.25, 0.3) is 0 Å². The van der Waals surface area contributed by atoms with E-state index in [-0.39, 0.29) is 17.9 Å². The van der Waals surface area contributed by atoms with Crippen LogP contribution in [0, 0.1) is 12.8 Å². The summed E-state index contributed by atoms with van der Waals surface area (Å²) in [6.45, 7) is 7.90. The van der Waals surface area contributed by atoms with Gasteiger partial charge in [-0.1, -0.05) is 36.4 Å². The number of carbonyl (C=O) groups is 1. The first-order valence-electron chi connectivity index (χ1n) is 9.67. The third-order valence-electron chi connectivity index (χ3n) is 5.05. The average molecular weight is 385 g/mol. The van der Waals surface area contributed by atoms with E-state index in [1.807, 2.05) is 0 Å². The molecule has 1 aliphatic heterocycles. The summed E-state index contributed by atoms with van der Waals surface area (Å²) in [6, 6.07) is 8.70. The number of amides is 1. The Morgan fingerprint density at radius 1 is 1.22 bits per heavy atom. The van der Waals surface area contributed by atoms with E-state index in [1.54, 1.807) is 24.2 Å². The number of carbonyl (C=O) groups excluding carboxylic acids is 1. The van der Waals surface area contributed by atoms with E-state index < -0.39 is 0 Å². The van der Waals surface area contributed by atoms with Crippen LogP contribution in [0.4, 0.5) is 5.82 Å². The minimum Gasteiger partial charge on any atom is -0.354 e. The van der Waals surface area contributed by atoms with Crippen LogP contribution >= 0.6 is 11.8 Å². The minimum absolute atomic E-state index is 0.0973. The maximum Gasteiger partial charge on any atom is 0.223 e. The van der Waals surface area contributed by atoms with Crippen LogP contribution < -0.4 is 10.2 Å². The molecule has 1 atom stereocenters. The predicted octanol–water partition coefficient (Wildman–Crippen LogP) is 4.07. The predicted molar refractivity (Wildman–Crippen MR) is 110 cm³/mol. The molecule has 144 valence electrons. The zero-order chi connectivity index (χ0) is 19.2. The number of nitrogens with one attached hydrogen (secondary N) is 1. The quantitative estimate of drug-likeness (QED) is 0.814. The lowest BCUT2D eigenvalue weighted by atomic mass is 9.95. The van der Waals surface area contributed by atoms with Crippen molar-refractivity contribution in [2.75, 3.05) is 18.0 Å². The van der Waals surface area contributed by atoms with E-state index in [0.717, 1.165) is 48.1 Å². The van der Waals surface area contributed by atoms with Gasteiger partial charge in [-0.05, 0) is 45.2 Å². The number of anilines is 1. The number of hydrogen-bond acceptors (Lipinski definition) is 5. The summed E-state index contributed by atoms with van der Waals surface area (Å²) >= 11 is 1.64. The smallest absolute Gasteiger partial charge is 0.223 e. The lowest BCUT2D eigenvalue weighted by Crippen LogP contribution is -2.43. The summed E-state index contributed by atoms with van der Waals surface area (Å²) in [4.78, 5) is 24.9. The molecule has 0 bridgehead atoms. The number of nitrogens with zero attached hydrogens (tertiary/aromatic N) is 3. The van der Waals surface area contributed by atoms with Crippen molar-refractivity contribution < 1.29 is 4.79 Å². The second-order valence-corrected chi connectivity index (χ2v) is 8.24. The minimum atomic E-state index is 0.0973. The molecule has 2 aromatic rings. The van der Waals surface area contributed by atoms with Gasteiger partial charge in [0.15, 0.2) is 5.82 Å². The van der Waals surface area contributed by atoms with Gasteiger partial charge in [-0.25, -0.2) is 9.97 Å². The molecule has 0 saturated carbocycles. The number of piperidine rings is 1. The lowest BCUT2D eigenvalue weighted by molar-refractivity contribution is -0.126. The van der Waals surface area contributed by atoms with Crippen molar-refractivity contribution in [1.29, 1.82) is 0 Å². The molecule has 1 saturated heterocycles. The molecule has 1 amide bonds. The topological polar surface area (TPSA) is 58.1 Å². The van der Waals surface area contributed by atoms with E-state index >= 15 is 0 Å². The zero-order valence-corrected chi connectivity index (χ0v) is 17.1. The molecule has 1 aromatic carbocycles. The van der Waals surface area contributed by atoms with Gasteiger partial charge in [-0.2, -0.15) is 0 Å². The number of benzene rings is 1. The monoisotopic (exact) mass is 384 g/mol. The maximum absolute atomic E-state index is 12.4. The fourth-order valence-corrected chi connectivity index (χ4v) is 4.02. The van der Waals surface area contributed by atoms with E-state index in [4.69, 9.17) is 0 Å². The van der Waals surface area contributed by atoms with Crippen LogP contribution in [0.2, 0.25) is 0 Å². The molecule has 1 N–H and O–H groups in total. The first kappa shape index (κ1) is 19.7. The molecule has 1 fully saturated rings. The third kappa shape index (κ3) is 5.22. The van der Waals surface area contributed by atoms with Crippen LogP contribution in [0.15, 0.2) is 46.6 Å². The summed E-state index contributed by atoms with van der Waals surface area (Å²) < 4.78 is 0. The molecule has 2 heterocycles. The Kier molecular flexibility index (Phi) is 6.72. The summed E-state index contributed by atoms with van der Waals surface area (Å²) in [5.41, 5.74) is 1.25. The van der Waals surface area contributed by atoms with Crippen LogP contribution in [0.1, 0.15) is 38.7 Å². The van der Waals surface area contributed by atoms with Crippen molar-refractivity contribution in [2.24, 2.45) is 5.92 Å². The van der Waals surface area contributed by atoms with Crippen molar-refractivity contribution in [1.82, 2.24) is 15.3 Å². The van der Waals surface area contributed by atoms with Crippen molar-refractivity contribution in [3.8, 4) is 0 Å². The van der Waals surface area contributed by atoms with Crippen molar-refractivity contribution in [3.05, 3.63) is 42.2 Å². The van der Waals surface area contributed by atoms with E-state index in [1.165, 1.54) is 5.56 Å². The molecule has 3 rings (SSSR count). The molecule has 1 aromatic heterocycles. The highest BCUT2D eigenvalue weighted by Gasteiger charge is 2.27. The second kappa shape index (κ2) is 9.22. The van der Waals surface area contributed by atoms with Gasteiger partial charge < -0.3 is 10.2 Å². The Hall–Kier alpha value is -2.08. The van der Waals surface area contributed by atoms with Gasteiger partial charge >= 0.3 is 0 Å². The Morgan fingerprint density at radius 3 is 2.56 bits per heavy atom. The van der Waals surface area contributed by atoms with Gasteiger partial charge in [-0.15, -0.1) is 0 Å². The molecule has 27 heavy (non-hydrogen) atoms. The standard InChI is InChI=1S/C21H28N4OS/c1-4-16(3)24-20(26)17-9-13-25(14-10-17)19-21(23-12-11-22-19)27-18-7-5-15(2)6-8-18/h5-8,11-12,16-17H,4,9-10,13-14H2,1-3H3,(H,24,26)/t16-/m1/s1. The normalized spacial score (nSPS) is 16.2. The number of aromatic nitrogens is 2. The Balaban J connectivity index is 1.64. The number of rotatable bonds is 6. The largest absolute Gasteiger partial charge is 0.354 e. The molecular weight excluding hydrogens is 356 g/mol. The fraction of sp³-hybridized carbons (Fsp3) is 0.476. The van der Waals surface area contributed by atoms with E-state index in [9.17, 15) is 4.79 Å². The first-order valence-corrected chi connectivity index (χ1v) is 10.5. The highest BCUT2D eigenvalue weighted by molar-refractivity contribution is 7.99. The molecule has 0 unspecified atom stereocenters. The van der Waals surface area contributed by atoms with E-state index in [0.29, 0.717) is 0 Å². The SMILES string of the molecule is CC[C@@H](C)NC(=O)C1CCN(c2nccnc2Sc2ccc(C)cc2)CC1. The van der Waals surface area contributed by atoms with Crippen molar-refractivity contribution >= 4 is 23.5 Å². The Bertz CT molecular complexity index is 757. The van der Waals surface area contributed by atoms with Crippen LogP contribution in [-0.4, -0.2) is 35.0 Å². The van der Waals surface area contributed by atoms with Crippen molar-refractivity contribution in [3.63, 3.8) is 0 Å². The van der Waals surface area contributed by atoms with Gasteiger partial charge in [0.1, 0.15) is 5.03 Å². The lowest BCUT2D eigenvalue weighted by Gasteiger charge is -2.33. The summed E-state index contributed by atoms with van der Waals surface area (Å²) in [5.74, 6) is 1.21. The van der Waals surface area contributed by atoms with Gasteiger partial charge in [-0.3, -0.25) is 4.79 Å². The Labute approximate surface area is 166 Å². The van der Waals surface area contributed by atoms with Gasteiger partial charge in [0.25, 0.3) is 0 Å². The van der Waals surface area contributed by atoms with Crippen LogP contribution in [-0.2, 0) is 4.79 Å². The zero-order valence-electron chi connectivity index (χ0n) is 16.3. The molecular formula is C21H28N4OS. The molecule has 0 radical (unpaired) electrons. The van der Waals surface area contributed by atoms with Gasteiger partial charge in [0, 0.05) is 42.3 Å². The summed E-state index contributed by atoms with van der Waals surface area (Å²) in [7, 11) is 0. The summed E-state index contributed by atoms with van der Waals surface area (Å²) in [5, 5.41) is 4.03. The first-order chi connectivity index (χ1) is 13.1. The highest BCUT2D eigenvalue weighted by atomic mass is 32.2. The number of aryl methyl sites for hydroxylation is 1. The molecule has 6 heteroatoms. The van der Waals surface area contributed by atoms with Crippen molar-refractivity contribution in [2.45, 2.75) is 56.0 Å². The Morgan fingerprint density at radius 2 is 1.89 bits per heavy atom. The molecule has 1 aliphatic rings. The highest BCUT2D eigenvalue weighted by Crippen LogP contribution is 2.34. The third-order valence-corrected chi connectivity index (χ3v) is 6.04. The van der Waals surface area contributed by atoms with Gasteiger partial charge in [0.2, 0.25) is 5.91 Å². The van der Waals surface area contributed by atoms with Gasteiger partial charge in [0.05, 0.1) is 0 Å². The molecule has 0 spiro atoms. The van der Waals surface area contributed by atoms with Crippen LogP contribution in [0.3, 0.4) is 0 Å². The summed E-state index contributed by atoms with van der Waals surface area (Å²) in [6.07, 6.45) is 6.16.